The SMILES string of the molecule is CN(Cc1cc2c(cc1N)OCCO2)CC1CCCOC1. The maximum Gasteiger partial charge on any atom is 0.163 e. The average Bonchev–Trinajstić information content (AvgIpc) is 2.49. The van der Waals surface area contributed by atoms with Gasteiger partial charge in [0.1, 0.15) is 13.2 Å². The lowest BCUT2D eigenvalue weighted by Crippen LogP contribution is -2.30. The number of fused-ring (bicyclic) bond motifs is 1. The standard InChI is InChI=1S/C16H24N2O3/c1-18(9-12-3-2-4-19-11-12)10-13-7-15-16(8-14(13)17)21-6-5-20-15/h7-8,12H,2-6,9-11,17H2,1H3. The van der Waals surface area contributed by atoms with Crippen molar-refractivity contribution in [2.45, 2.75) is 19.4 Å². The smallest absolute Gasteiger partial charge is 0.163 e. The van der Waals surface area contributed by atoms with Crippen molar-refractivity contribution in [1.82, 2.24) is 4.90 Å². The Morgan fingerprint density at radius 2 is 1.95 bits per heavy atom. The molecule has 2 N–H and O–H groups in total. The van der Waals surface area contributed by atoms with Gasteiger partial charge in [-0.05, 0) is 37.4 Å². The number of benzene rings is 1. The molecule has 2 heterocycles. The van der Waals surface area contributed by atoms with Gasteiger partial charge in [0.25, 0.3) is 0 Å². The molecule has 0 aromatic heterocycles. The van der Waals surface area contributed by atoms with Gasteiger partial charge in [0.15, 0.2) is 11.5 Å². The number of nitrogen functional groups attached to an aromatic ring is 1. The first kappa shape index (κ1) is 14.5. The first-order valence-corrected chi connectivity index (χ1v) is 7.66. The molecule has 1 aromatic carbocycles. The molecule has 0 spiro atoms. The number of hydrogen-bond acceptors (Lipinski definition) is 5. The van der Waals surface area contributed by atoms with Gasteiger partial charge in [-0.3, -0.25) is 0 Å². The molecule has 1 fully saturated rings. The molecule has 1 atom stereocenters. The molecule has 0 radical (unpaired) electrons. The minimum absolute atomic E-state index is 0.591. The van der Waals surface area contributed by atoms with E-state index in [-0.39, 0.29) is 0 Å². The van der Waals surface area contributed by atoms with Crippen LogP contribution in [-0.2, 0) is 11.3 Å². The van der Waals surface area contributed by atoms with E-state index in [1.54, 1.807) is 0 Å². The zero-order chi connectivity index (χ0) is 14.7. The Bertz CT molecular complexity index is 487. The number of hydrogen-bond donors (Lipinski definition) is 1. The lowest BCUT2D eigenvalue weighted by Gasteiger charge is -2.28. The summed E-state index contributed by atoms with van der Waals surface area (Å²) in [5.74, 6) is 2.19. The van der Waals surface area contributed by atoms with Crippen LogP contribution in [0, 0.1) is 5.92 Å². The van der Waals surface area contributed by atoms with Crippen LogP contribution in [0.1, 0.15) is 18.4 Å². The molecule has 0 amide bonds. The predicted octanol–water partition coefficient (Wildman–Crippen LogP) is 1.90. The predicted molar refractivity (Wildman–Crippen MR) is 81.7 cm³/mol. The van der Waals surface area contributed by atoms with Crippen molar-refractivity contribution in [3.63, 3.8) is 0 Å². The molecular formula is C16H24N2O3. The number of ether oxygens (including phenoxy) is 3. The van der Waals surface area contributed by atoms with Crippen LogP contribution in [0.4, 0.5) is 5.69 Å². The van der Waals surface area contributed by atoms with E-state index in [0.717, 1.165) is 49.1 Å². The fourth-order valence-electron chi connectivity index (χ4n) is 3.03. The van der Waals surface area contributed by atoms with Crippen LogP contribution in [0.15, 0.2) is 12.1 Å². The van der Waals surface area contributed by atoms with Crippen molar-refractivity contribution >= 4 is 5.69 Å². The molecule has 1 aromatic rings. The number of rotatable bonds is 4. The van der Waals surface area contributed by atoms with Crippen molar-refractivity contribution in [1.29, 1.82) is 0 Å². The summed E-state index contributed by atoms with van der Waals surface area (Å²) in [6.45, 7) is 4.84. The molecule has 3 rings (SSSR count). The normalized spacial score (nSPS) is 21.5. The van der Waals surface area contributed by atoms with Crippen molar-refractivity contribution in [3.8, 4) is 11.5 Å². The van der Waals surface area contributed by atoms with Crippen LogP contribution < -0.4 is 15.2 Å². The van der Waals surface area contributed by atoms with Gasteiger partial charge in [-0.15, -0.1) is 0 Å². The van der Waals surface area contributed by atoms with Gasteiger partial charge in [-0.1, -0.05) is 0 Å². The third-order valence-electron chi connectivity index (χ3n) is 4.07. The minimum Gasteiger partial charge on any atom is -0.486 e. The first-order chi connectivity index (χ1) is 10.2. The third-order valence-corrected chi connectivity index (χ3v) is 4.07. The molecular weight excluding hydrogens is 268 g/mol. The minimum atomic E-state index is 0.591. The van der Waals surface area contributed by atoms with Gasteiger partial charge >= 0.3 is 0 Å². The maximum atomic E-state index is 6.14. The summed E-state index contributed by atoms with van der Waals surface area (Å²) < 4.78 is 16.7. The molecule has 5 nitrogen and oxygen atoms in total. The maximum absolute atomic E-state index is 6.14. The third kappa shape index (κ3) is 3.60. The topological polar surface area (TPSA) is 57.0 Å². The summed E-state index contributed by atoms with van der Waals surface area (Å²) in [6.07, 6.45) is 2.42. The van der Waals surface area contributed by atoms with E-state index in [0.29, 0.717) is 19.1 Å². The zero-order valence-corrected chi connectivity index (χ0v) is 12.6. The first-order valence-electron chi connectivity index (χ1n) is 7.66. The summed E-state index contributed by atoms with van der Waals surface area (Å²) in [7, 11) is 2.13. The molecule has 1 unspecified atom stereocenters. The quantitative estimate of drug-likeness (QED) is 0.859. The Hall–Kier alpha value is -1.46. The molecule has 116 valence electrons. The highest BCUT2D eigenvalue weighted by molar-refractivity contribution is 5.58. The van der Waals surface area contributed by atoms with E-state index < -0.39 is 0 Å². The van der Waals surface area contributed by atoms with Gasteiger partial charge in [0, 0.05) is 31.5 Å². The van der Waals surface area contributed by atoms with Crippen molar-refractivity contribution < 1.29 is 14.2 Å². The second kappa shape index (κ2) is 6.54. The van der Waals surface area contributed by atoms with Gasteiger partial charge in [0.05, 0.1) is 6.61 Å². The number of anilines is 1. The Balaban J connectivity index is 1.63. The van der Waals surface area contributed by atoms with Gasteiger partial charge in [-0.2, -0.15) is 0 Å². The lowest BCUT2D eigenvalue weighted by atomic mass is 10.0. The van der Waals surface area contributed by atoms with Crippen LogP contribution >= 0.6 is 0 Å². The Labute approximate surface area is 126 Å². The van der Waals surface area contributed by atoms with Crippen LogP contribution in [0.25, 0.3) is 0 Å². The molecule has 21 heavy (non-hydrogen) atoms. The van der Waals surface area contributed by atoms with Crippen LogP contribution in [-0.4, -0.2) is 44.9 Å². The zero-order valence-electron chi connectivity index (χ0n) is 12.6. The monoisotopic (exact) mass is 292 g/mol. The highest BCUT2D eigenvalue weighted by Crippen LogP contribution is 2.34. The second-order valence-corrected chi connectivity index (χ2v) is 5.97. The molecule has 0 bridgehead atoms. The Kier molecular flexibility index (Phi) is 4.51. The van der Waals surface area contributed by atoms with Crippen LogP contribution in [0.2, 0.25) is 0 Å². The summed E-state index contributed by atoms with van der Waals surface area (Å²) in [5.41, 5.74) is 8.00. The average molecular weight is 292 g/mol. The highest BCUT2D eigenvalue weighted by atomic mass is 16.6. The summed E-state index contributed by atoms with van der Waals surface area (Å²) >= 11 is 0. The number of nitrogens with zero attached hydrogens (tertiary/aromatic N) is 1. The van der Waals surface area contributed by atoms with Crippen molar-refractivity contribution in [2.24, 2.45) is 5.92 Å². The van der Waals surface area contributed by atoms with Gasteiger partial charge in [0.2, 0.25) is 0 Å². The molecule has 2 aliphatic heterocycles. The molecule has 1 saturated heterocycles. The molecule has 0 saturated carbocycles. The molecule has 0 aliphatic carbocycles. The fourth-order valence-corrected chi connectivity index (χ4v) is 3.03. The lowest BCUT2D eigenvalue weighted by molar-refractivity contribution is 0.0411. The fraction of sp³-hybridized carbons (Fsp3) is 0.625. The van der Waals surface area contributed by atoms with Crippen molar-refractivity contribution in [3.05, 3.63) is 17.7 Å². The molecule has 2 aliphatic rings. The highest BCUT2D eigenvalue weighted by Gasteiger charge is 2.18. The second-order valence-electron chi connectivity index (χ2n) is 5.97. The van der Waals surface area contributed by atoms with E-state index in [1.807, 2.05) is 12.1 Å². The van der Waals surface area contributed by atoms with Crippen LogP contribution in [0.3, 0.4) is 0 Å². The summed E-state index contributed by atoms with van der Waals surface area (Å²) in [5, 5.41) is 0. The number of nitrogens with two attached hydrogens (primary N) is 1. The Morgan fingerprint density at radius 3 is 2.67 bits per heavy atom. The summed E-state index contributed by atoms with van der Waals surface area (Å²) in [6, 6.07) is 3.89. The van der Waals surface area contributed by atoms with Gasteiger partial charge < -0.3 is 24.8 Å². The van der Waals surface area contributed by atoms with E-state index in [2.05, 4.69) is 11.9 Å². The van der Waals surface area contributed by atoms with E-state index >= 15 is 0 Å². The summed E-state index contributed by atoms with van der Waals surface area (Å²) in [4.78, 5) is 2.31. The largest absolute Gasteiger partial charge is 0.486 e. The van der Waals surface area contributed by atoms with Crippen molar-refractivity contribution in [2.75, 3.05) is 45.8 Å². The van der Waals surface area contributed by atoms with E-state index in [4.69, 9.17) is 19.9 Å². The van der Waals surface area contributed by atoms with Crippen LogP contribution in [0.5, 0.6) is 11.5 Å². The molecule has 5 heteroatoms. The van der Waals surface area contributed by atoms with E-state index in [9.17, 15) is 0 Å². The Morgan fingerprint density at radius 1 is 1.19 bits per heavy atom. The van der Waals surface area contributed by atoms with Gasteiger partial charge in [-0.25, -0.2) is 0 Å². The van der Waals surface area contributed by atoms with E-state index in [1.165, 1.54) is 12.8 Å².